The van der Waals surface area contributed by atoms with Crippen LogP contribution < -0.4 is 10.9 Å². The number of nitrogens with zero attached hydrogens (tertiary/aromatic N) is 5. The minimum Gasteiger partial charge on any atom is -0.360 e. The first-order valence-corrected chi connectivity index (χ1v) is 11.5. The number of fused-ring (bicyclic) bond motifs is 2. The van der Waals surface area contributed by atoms with E-state index < -0.39 is 6.04 Å². The number of aromatic amines is 1. The number of nitrogens with one attached hydrogen (secondary N) is 2. The van der Waals surface area contributed by atoms with E-state index in [2.05, 4.69) is 20.3 Å². The summed E-state index contributed by atoms with van der Waals surface area (Å²) in [5.74, 6) is 0.669. The monoisotopic (exact) mass is 479 g/mol. The van der Waals surface area contributed by atoms with Crippen molar-refractivity contribution in [2.24, 2.45) is 0 Å². The fourth-order valence-electron chi connectivity index (χ4n) is 4.57. The second-order valence-electron chi connectivity index (χ2n) is 8.62. The molecule has 8 nitrogen and oxygen atoms in total. The van der Waals surface area contributed by atoms with Gasteiger partial charge in [0, 0.05) is 23.5 Å². The number of halogens is 1. The predicted octanol–water partition coefficient (Wildman–Crippen LogP) is 5.04. The molecule has 36 heavy (non-hydrogen) atoms. The van der Waals surface area contributed by atoms with E-state index >= 15 is 0 Å². The summed E-state index contributed by atoms with van der Waals surface area (Å²) in [7, 11) is 0. The van der Waals surface area contributed by atoms with Crippen LogP contribution in [0.4, 0.5) is 10.2 Å². The van der Waals surface area contributed by atoms with Gasteiger partial charge >= 0.3 is 0 Å². The van der Waals surface area contributed by atoms with E-state index in [9.17, 15) is 9.18 Å². The van der Waals surface area contributed by atoms with Gasteiger partial charge in [-0.25, -0.2) is 18.9 Å². The largest absolute Gasteiger partial charge is 0.360 e. The molecule has 0 amide bonds. The van der Waals surface area contributed by atoms with Crippen molar-refractivity contribution in [3.8, 4) is 16.8 Å². The Morgan fingerprint density at radius 1 is 1.00 bits per heavy atom. The van der Waals surface area contributed by atoms with Crippen LogP contribution in [-0.2, 0) is 0 Å². The van der Waals surface area contributed by atoms with Gasteiger partial charge in [0.25, 0.3) is 5.56 Å². The Labute approximate surface area is 205 Å². The Morgan fingerprint density at radius 2 is 1.78 bits per heavy atom. The molecular formula is C27H22FN7O. The second-order valence-corrected chi connectivity index (χ2v) is 8.62. The number of aromatic nitrogens is 6. The summed E-state index contributed by atoms with van der Waals surface area (Å²) in [5, 5.41) is 8.85. The molecule has 1 atom stereocenters. The van der Waals surface area contributed by atoms with Crippen LogP contribution in [0.25, 0.3) is 33.4 Å². The molecule has 0 aliphatic carbocycles. The van der Waals surface area contributed by atoms with Gasteiger partial charge in [-0.1, -0.05) is 36.4 Å². The zero-order valence-electron chi connectivity index (χ0n) is 19.6. The average Bonchev–Trinajstić information content (AvgIpc) is 3.49. The number of hydrogen-bond donors (Lipinski definition) is 2. The van der Waals surface area contributed by atoms with E-state index in [1.54, 1.807) is 39.7 Å². The lowest BCUT2D eigenvalue weighted by Gasteiger charge is -2.20. The minimum absolute atomic E-state index is 0.163. The number of hydrogen-bond acceptors (Lipinski definition) is 5. The van der Waals surface area contributed by atoms with Gasteiger partial charge in [-0.15, -0.1) is 0 Å². The van der Waals surface area contributed by atoms with Crippen LogP contribution in [-0.4, -0.2) is 29.1 Å². The molecule has 4 aromatic heterocycles. The molecule has 1 unspecified atom stereocenters. The normalized spacial score (nSPS) is 12.3. The third kappa shape index (κ3) is 3.44. The first-order valence-electron chi connectivity index (χ1n) is 11.5. The number of anilines is 1. The van der Waals surface area contributed by atoms with Crippen LogP contribution in [0, 0.1) is 12.7 Å². The van der Waals surface area contributed by atoms with Gasteiger partial charge in [0.05, 0.1) is 17.1 Å². The first kappa shape index (κ1) is 21.7. The van der Waals surface area contributed by atoms with E-state index in [4.69, 9.17) is 5.10 Å². The fraction of sp³-hybridized carbons (Fsp3) is 0.111. The summed E-state index contributed by atoms with van der Waals surface area (Å²) in [4.78, 5) is 25.5. The highest BCUT2D eigenvalue weighted by Gasteiger charge is 2.22. The van der Waals surface area contributed by atoms with Crippen LogP contribution in [0.15, 0.2) is 84.2 Å². The Morgan fingerprint density at radius 3 is 2.58 bits per heavy atom. The van der Waals surface area contributed by atoms with Crippen molar-refractivity contribution < 1.29 is 4.39 Å². The number of aryl methyl sites for hydroxylation is 1. The molecule has 9 heteroatoms. The molecule has 0 saturated heterocycles. The molecule has 0 radical (unpaired) electrons. The van der Waals surface area contributed by atoms with Gasteiger partial charge in [-0.2, -0.15) is 5.10 Å². The standard InChI is InChI=1S/C27H22FN7O/c1-16-12-13-34-23(16)27(36)35(18-8-4-3-5-9-18)26(33-34)17(2)32-25-22-20(14-29-24(22)30-15-31-25)19-10-6-7-11-21(19)28/h3-15,17H,1-2H3,(H2,29,30,31,32). The van der Waals surface area contributed by atoms with E-state index in [-0.39, 0.29) is 11.4 Å². The van der Waals surface area contributed by atoms with Crippen LogP contribution in [0.5, 0.6) is 0 Å². The topological polar surface area (TPSA) is 92.9 Å². The molecule has 0 saturated carbocycles. The predicted molar refractivity (Wildman–Crippen MR) is 137 cm³/mol. The maximum Gasteiger partial charge on any atom is 0.282 e. The van der Waals surface area contributed by atoms with E-state index in [1.165, 1.54) is 12.4 Å². The Kier molecular flexibility index (Phi) is 5.10. The maximum atomic E-state index is 14.6. The summed E-state index contributed by atoms with van der Waals surface area (Å²) in [6, 6.07) is 17.4. The summed E-state index contributed by atoms with van der Waals surface area (Å²) >= 11 is 0. The van der Waals surface area contributed by atoms with Crippen molar-refractivity contribution in [1.82, 2.24) is 29.1 Å². The van der Waals surface area contributed by atoms with Crippen LogP contribution in [0.3, 0.4) is 0 Å². The summed E-state index contributed by atoms with van der Waals surface area (Å²) < 4.78 is 17.9. The number of H-pyrrole nitrogens is 1. The zero-order valence-corrected chi connectivity index (χ0v) is 19.6. The highest BCUT2D eigenvalue weighted by Crippen LogP contribution is 2.34. The quantitative estimate of drug-likeness (QED) is 0.361. The van der Waals surface area contributed by atoms with Gasteiger partial charge in [0.15, 0.2) is 5.82 Å². The Bertz CT molecular complexity index is 1790. The Hall–Kier alpha value is -4.79. The van der Waals surface area contributed by atoms with Crippen molar-refractivity contribution in [2.75, 3.05) is 5.32 Å². The molecule has 0 aliphatic heterocycles. The lowest BCUT2D eigenvalue weighted by Crippen LogP contribution is -2.29. The van der Waals surface area contributed by atoms with Crippen LogP contribution in [0.2, 0.25) is 0 Å². The van der Waals surface area contributed by atoms with Gasteiger partial charge in [-0.05, 0) is 43.7 Å². The smallest absolute Gasteiger partial charge is 0.282 e. The Balaban J connectivity index is 1.51. The maximum absolute atomic E-state index is 14.6. The van der Waals surface area contributed by atoms with Gasteiger partial charge in [-0.3, -0.25) is 9.36 Å². The highest BCUT2D eigenvalue weighted by atomic mass is 19.1. The first-order chi connectivity index (χ1) is 17.5. The van der Waals surface area contributed by atoms with Crippen molar-refractivity contribution in [3.63, 3.8) is 0 Å². The molecular weight excluding hydrogens is 457 g/mol. The summed E-state index contributed by atoms with van der Waals surface area (Å²) in [6.45, 7) is 3.80. The van der Waals surface area contributed by atoms with E-state index in [0.717, 1.165) is 5.56 Å². The van der Waals surface area contributed by atoms with E-state index in [0.29, 0.717) is 45.0 Å². The van der Waals surface area contributed by atoms with Crippen molar-refractivity contribution in [3.05, 3.63) is 107 Å². The molecule has 4 heterocycles. The number of benzene rings is 2. The minimum atomic E-state index is -0.438. The highest BCUT2D eigenvalue weighted by molar-refractivity contribution is 6.01. The molecule has 0 spiro atoms. The summed E-state index contributed by atoms with van der Waals surface area (Å²) in [6.07, 6.45) is 4.94. The van der Waals surface area contributed by atoms with Gasteiger partial charge < -0.3 is 10.3 Å². The fourth-order valence-corrected chi connectivity index (χ4v) is 4.57. The van der Waals surface area contributed by atoms with Crippen molar-refractivity contribution >= 4 is 22.4 Å². The van der Waals surface area contributed by atoms with Crippen LogP contribution in [0.1, 0.15) is 24.4 Å². The second kappa shape index (κ2) is 8.46. The molecule has 0 fully saturated rings. The molecule has 6 aromatic rings. The molecule has 178 valence electrons. The third-order valence-electron chi connectivity index (χ3n) is 6.30. The number of rotatable bonds is 5. The van der Waals surface area contributed by atoms with Gasteiger partial charge in [0.1, 0.15) is 29.1 Å². The molecule has 2 N–H and O–H groups in total. The van der Waals surface area contributed by atoms with Gasteiger partial charge in [0.2, 0.25) is 0 Å². The average molecular weight is 480 g/mol. The zero-order chi connectivity index (χ0) is 24.8. The van der Waals surface area contributed by atoms with Crippen molar-refractivity contribution in [2.45, 2.75) is 19.9 Å². The third-order valence-corrected chi connectivity index (χ3v) is 6.30. The molecule has 0 bridgehead atoms. The molecule has 0 aliphatic rings. The summed E-state index contributed by atoms with van der Waals surface area (Å²) in [5.41, 5.74) is 3.58. The van der Waals surface area contributed by atoms with Crippen LogP contribution >= 0.6 is 0 Å². The molecule has 6 rings (SSSR count). The van der Waals surface area contributed by atoms with E-state index in [1.807, 2.05) is 50.2 Å². The SMILES string of the molecule is Cc1ccn2nc(C(C)Nc3ncnc4[nH]cc(-c5ccccc5F)c34)n(-c3ccccc3)c(=O)c12. The number of para-hydroxylation sites is 1. The molecule has 2 aromatic carbocycles. The lowest BCUT2D eigenvalue weighted by molar-refractivity contribution is 0.631. The lowest BCUT2D eigenvalue weighted by atomic mass is 10.1. The van der Waals surface area contributed by atoms with Crippen molar-refractivity contribution in [1.29, 1.82) is 0 Å².